The smallest absolute Gasteiger partial charge is 0.324 e. The van der Waals surface area contributed by atoms with Crippen LogP contribution in [-0.4, -0.2) is 17.1 Å². The molecule has 19 heavy (non-hydrogen) atoms. The van der Waals surface area contributed by atoms with Crippen LogP contribution in [0.1, 0.15) is 51.4 Å². The molecule has 4 bridgehead atoms. The van der Waals surface area contributed by atoms with Crippen LogP contribution in [0.2, 0.25) is 0 Å². The fraction of sp³-hybridized carbons (Fsp3) is 1.00. The molecule has 0 amide bonds. The van der Waals surface area contributed by atoms with Gasteiger partial charge in [-0.2, -0.15) is 0 Å². The van der Waals surface area contributed by atoms with Crippen molar-refractivity contribution in [3.05, 3.63) is 0 Å². The molecular formula is C14H23O3PS. The van der Waals surface area contributed by atoms with Gasteiger partial charge >= 0.3 is 6.72 Å². The summed E-state index contributed by atoms with van der Waals surface area (Å²) in [6.07, 6.45) is 10.2. The SMILES string of the molecule is OP(=S)(OC1CC2CCC1C2)OC1CC2CCC1C2. The summed E-state index contributed by atoms with van der Waals surface area (Å²) in [4.78, 5) is 10.4. The molecule has 4 saturated carbocycles. The van der Waals surface area contributed by atoms with Gasteiger partial charge < -0.3 is 13.9 Å². The van der Waals surface area contributed by atoms with Crippen molar-refractivity contribution in [2.45, 2.75) is 63.6 Å². The van der Waals surface area contributed by atoms with Gasteiger partial charge in [0.25, 0.3) is 0 Å². The van der Waals surface area contributed by atoms with Crippen molar-refractivity contribution in [3.63, 3.8) is 0 Å². The zero-order valence-corrected chi connectivity index (χ0v) is 13.0. The average molecular weight is 302 g/mol. The Bertz CT molecular complexity index is 381. The van der Waals surface area contributed by atoms with E-state index in [0.717, 1.165) is 24.7 Å². The molecule has 0 aliphatic heterocycles. The topological polar surface area (TPSA) is 38.7 Å². The number of rotatable bonds is 4. The number of fused-ring (bicyclic) bond motifs is 4. The second kappa shape index (κ2) is 4.78. The van der Waals surface area contributed by atoms with Crippen LogP contribution in [0.25, 0.3) is 0 Å². The summed E-state index contributed by atoms with van der Waals surface area (Å²) >= 11 is 5.27. The second-order valence-corrected chi connectivity index (χ2v) is 9.85. The molecule has 0 aromatic rings. The molecule has 4 aliphatic rings. The molecule has 4 rings (SSSR count). The highest BCUT2D eigenvalue weighted by Gasteiger charge is 2.45. The molecule has 5 heteroatoms. The normalized spacial score (nSPS) is 50.8. The van der Waals surface area contributed by atoms with Crippen LogP contribution in [0.5, 0.6) is 0 Å². The fourth-order valence-corrected chi connectivity index (χ4v) is 6.91. The van der Waals surface area contributed by atoms with E-state index in [1.165, 1.54) is 38.5 Å². The van der Waals surface area contributed by atoms with E-state index in [4.69, 9.17) is 20.9 Å². The Balaban J connectivity index is 1.36. The van der Waals surface area contributed by atoms with Gasteiger partial charge in [-0.05, 0) is 86.8 Å². The van der Waals surface area contributed by atoms with Crippen molar-refractivity contribution in [1.82, 2.24) is 0 Å². The maximum atomic E-state index is 10.4. The van der Waals surface area contributed by atoms with Gasteiger partial charge in [0.15, 0.2) is 0 Å². The van der Waals surface area contributed by atoms with Gasteiger partial charge in [-0.25, -0.2) is 0 Å². The lowest BCUT2D eigenvalue weighted by Crippen LogP contribution is -2.23. The van der Waals surface area contributed by atoms with E-state index < -0.39 is 6.72 Å². The lowest BCUT2D eigenvalue weighted by atomic mass is 9.98. The van der Waals surface area contributed by atoms with E-state index in [0.29, 0.717) is 11.8 Å². The van der Waals surface area contributed by atoms with Crippen molar-refractivity contribution < 1.29 is 13.9 Å². The molecule has 4 fully saturated rings. The Morgan fingerprint density at radius 1 is 0.789 bits per heavy atom. The Morgan fingerprint density at radius 2 is 1.26 bits per heavy atom. The molecule has 0 saturated heterocycles. The maximum absolute atomic E-state index is 10.4. The minimum Gasteiger partial charge on any atom is -0.324 e. The van der Waals surface area contributed by atoms with Gasteiger partial charge in [0.2, 0.25) is 0 Å². The second-order valence-electron chi connectivity index (χ2n) is 7.11. The van der Waals surface area contributed by atoms with E-state index in [-0.39, 0.29) is 12.2 Å². The Labute approximate surface area is 120 Å². The van der Waals surface area contributed by atoms with Crippen LogP contribution in [0, 0.1) is 23.7 Å². The molecular weight excluding hydrogens is 279 g/mol. The highest BCUT2D eigenvalue weighted by Crippen LogP contribution is 2.57. The van der Waals surface area contributed by atoms with Gasteiger partial charge in [0.05, 0.1) is 12.2 Å². The molecule has 0 radical (unpaired) electrons. The average Bonchev–Trinajstić information content (AvgIpc) is 3.06. The molecule has 108 valence electrons. The lowest BCUT2D eigenvalue weighted by molar-refractivity contribution is 0.0611. The minimum absolute atomic E-state index is 0.174. The minimum atomic E-state index is -3.02. The highest BCUT2D eigenvalue weighted by atomic mass is 32.5. The van der Waals surface area contributed by atoms with Crippen molar-refractivity contribution in [2.24, 2.45) is 23.7 Å². The number of hydrogen-bond donors (Lipinski definition) is 1. The Morgan fingerprint density at radius 3 is 1.58 bits per heavy atom. The zero-order chi connectivity index (χ0) is 13.0. The van der Waals surface area contributed by atoms with Gasteiger partial charge in [-0.15, -0.1) is 0 Å². The lowest BCUT2D eigenvalue weighted by Gasteiger charge is -2.30. The molecule has 6 atom stereocenters. The molecule has 1 N–H and O–H groups in total. The first-order chi connectivity index (χ1) is 9.09. The molecule has 0 spiro atoms. The first-order valence-electron chi connectivity index (χ1n) is 7.78. The van der Waals surface area contributed by atoms with E-state index >= 15 is 0 Å². The van der Waals surface area contributed by atoms with E-state index in [2.05, 4.69) is 0 Å². The summed E-state index contributed by atoms with van der Waals surface area (Å²) in [7, 11) is 0. The third-order valence-corrected chi connectivity index (χ3v) is 7.47. The third-order valence-electron chi connectivity index (χ3n) is 5.88. The van der Waals surface area contributed by atoms with E-state index in [1.807, 2.05) is 0 Å². The summed E-state index contributed by atoms with van der Waals surface area (Å²) in [5, 5.41) is 0. The largest absolute Gasteiger partial charge is 0.325 e. The van der Waals surface area contributed by atoms with Gasteiger partial charge in [0, 0.05) is 0 Å². The summed E-state index contributed by atoms with van der Waals surface area (Å²) < 4.78 is 11.7. The maximum Gasteiger partial charge on any atom is 0.325 e. The van der Waals surface area contributed by atoms with Crippen LogP contribution in [-0.2, 0) is 20.9 Å². The van der Waals surface area contributed by atoms with Crippen LogP contribution < -0.4 is 0 Å². The predicted octanol–water partition coefficient (Wildman–Crippen LogP) is 3.61. The monoisotopic (exact) mass is 302 g/mol. The first-order valence-corrected chi connectivity index (χ1v) is 10.4. The summed E-state index contributed by atoms with van der Waals surface area (Å²) in [6.45, 7) is -3.02. The molecule has 0 aromatic carbocycles. The van der Waals surface area contributed by atoms with Crippen LogP contribution in [0.4, 0.5) is 0 Å². The van der Waals surface area contributed by atoms with E-state index in [1.54, 1.807) is 0 Å². The zero-order valence-electron chi connectivity index (χ0n) is 11.2. The van der Waals surface area contributed by atoms with Crippen molar-refractivity contribution in [1.29, 1.82) is 0 Å². The molecule has 4 aliphatic carbocycles. The Hall–Kier alpha value is 0.530. The Kier molecular flexibility index (Phi) is 3.32. The summed E-state index contributed by atoms with van der Waals surface area (Å²) in [5.41, 5.74) is 0. The quantitative estimate of drug-likeness (QED) is 0.805. The van der Waals surface area contributed by atoms with Gasteiger partial charge in [-0.3, -0.25) is 0 Å². The van der Waals surface area contributed by atoms with Crippen LogP contribution in [0.3, 0.4) is 0 Å². The molecule has 3 nitrogen and oxygen atoms in total. The first kappa shape index (κ1) is 13.2. The highest BCUT2D eigenvalue weighted by molar-refractivity contribution is 8.07. The summed E-state index contributed by atoms with van der Waals surface area (Å²) in [5.74, 6) is 2.88. The summed E-state index contributed by atoms with van der Waals surface area (Å²) in [6, 6.07) is 0. The number of hydrogen-bond acceptors (Lipinski definition) is 3. The van der Waals surface area contributed by atoms with Crippen LogP contribution >= 0.6 is 6.72 Å². The standard InChI is InChI=1S/C14H23O3PS/c15-18(19,16-13-7-9-1-3-11(13)5-9)17-14-8-10-2-4-12(14)6-10/h9-14H,1-8H2,(H,15,19). The van der Waals surface area contributed by atoms with E-state index in [9.17, 15) is 4.89 Å². The van der Waals surface area contributed by atoms with Crippen molar-refractivity contribution in [2.75, 3.05) is 0 Å². The fourth-order valence-electron chi connectivity index (χ4n) is 5.00. The molecule has 6 unspecified atom stereocenters. The molecule has 0 heterocycles. The third kappa shape index (κ3) is 2.55. The van der Waals surface area contributed by atoms with Gasteiger partial charge in [-0.1, -0.05) is 0 Å². The van der Waals surface area contributed by atoms with Crippen molar-refractivity contribution in [3.8, 4) is 0 Å². The van der Waals surface area contributed by atoms with Crippen molar-refractivity contribution >= 4 is 18.5 Å². The van der Waals surface area contributed by atoms with Gasteiger partial charge in [0.1, 0.15) is 0 Å². The van der Waals surface area contributed by atoms with Crippen LogP contribution in [0.15, 0.2) is 0 Å². The molecule has 0 aromatic heterocycles. The predicted molar refractivity (Wildman–Crippen MR) is 77.1 cm³/mol.